The Morgan fingerprint density at radius 1 is 0.977 bits per heavy atom. The number of hydrogen-bond donors (Lipinski definition) is 1. The third-order valence-corrected chi connectivity index (χ3v) is 6.20. The molecule has 0 aliphatic rings. The van der Waals surface area contributed by atoms with Crippen LogP contribution in [0, 0.1) is 0 Å². The number of aliphatic hydroxyl groups excluding tert-OH is 1. The quantitative estimate of drug-likeness (QED) is 0.147. The van der Waals surface area contributed by atoms with Crippen LogP contribution in [0.1, 0.15) is 62.3 Å². The topological polar surface area (TPSA) is 200 Å². The number of fused-ring (bicyclic) bond motifs is 1. The number of nitrogens with zero attached hydrogens (tertiary/aromatic N) is 5. The predicted molar refractivity (Wildman–Crippen MR) is 150 cm³/mol. The molecule has 2 amide bonds. The van der Waals surface area contributed by atoms with Gasteiger partial charge >= 0.3 is 25.9 Å². The average molecular weight is 634 g/mol. The fourth-order valence-electron chi connectivity index (χ4n) is 3.16. The van der Waals surface area contributed by atoms with Crippen molar-refractivity contribution in [1.29, 1.82) is 0 Å². The van der Waals surface area contributed by atoms with Crippen LogP contribution in [0.5, 0.6) is 0 Å². The van der Waals surface area contributed by atoms with Crippen LogP contribution in [0.4, 0.5) is 20.2 Å². The zero-order valence-corrected chi connectivity index (χ0v) is 26.7. The Kier molecular flexibility index (Phi) is 12.4. The first-order chi connectivity index (χ1) is 19.8. The number of carbonyl (C=O) groups excluding carboxylic acids is 3. The average Bonchev–Trinajstić information content (AvgIpc) is 3.24. The van der Waals surface area contributed by atoms with E-state index in [1.165, 1.54) is 6.33 Å². The summed E-state index contributed by atoms with van der Waals surface area (Å²) in [7, 11) is -4.04. The number of imidazole rings is 1. The molecule has 18 heteroatoms. The van der Waals surface area contributed by atoms with Gasteiger partial charge in [-0.1, -0.05) is 0 Å². The Bertz CT molecular complexity index is 1280. The number of carbonyl (C=O) groups is 3. The maximum absolute atomic E-state index is 13.1. The predicted octanol–water partition coefficient (Wildman–Crippen LogP) is 4.56. The van der Waals surface area contributed by atoms with Crippen molar-refractivity contribution < 1.29 is 56.8 Å². The van der Waals surface area contributed by atoms with Crippen LogP contribution in [0.2, 0.25) is 0 Å². The zero-order valence-electron chi connectivity index (χ0n) is 25.8. The maximum atomic E-state index is 13.1. The van der Waals surface area contributed by atoms with Gasteiger partial charge < -0.3 is 33.4 Å². The van der Waals surface area contributed by atoms with Gasteiger partial charge in [0.15, 0.2) is 23.8 Å². The molecule has 0 saturated heterocycles. The molecular weight excluding hydrogens is 593 g/mol. The summed E-state index contributed by atoms with van der Waals surface area (Å²) >= 11 is 0. The van der Waals surface area contributed by atoms with E-state index in [-0.39, 0.29) is 23.5 Å². The summed E-state index contributed by atoms with van der Waals surface area (Å²) in [6.07, 6.45) is -2.24. The molecule has 242 valence electrons. The van der Waals surface area contributed by atoms with Crippen molar-refractivity contribution in [2.45, 2.75) is 92.3 Å². The summed E-state index contributed by atoms with van der Waals surface area (Å²) in [6.45, 7) is 13.1. The summed E-state index contributed by atoms with van der Waals surface area (Å²) in [4.78, 5) is 51.0. The highest BCUT2D eigenvalue weighted by molar-refractivity contribution is 7.53. The maximum Gasteiger partial charge on any atom is 0.510 e. The fourth-order valence-corrected chi connectivity index (χ4v) is 4.21. The highest BCUT2D eigenvalue weighted by Gasteiger charge is 2.36. The Morgan fingerprint density at radius 2 is 1.58 bits per heavy atom. The Labute approximate surface area is 249 Å². The van der Waals surface area contributed by atoms with E-state index in [9.17, 15) is 18.9 Å². The lowest BCUT2D eigenvalue weighted by atomic mass is 10.2. The number of ether oxygens (including phenoxy) is 5. The molecule has 0 aromatic carbocycles. The van der Waals surface area contributed by atoms with Crippen molar-refractivity contribution in [3.8, 4) is 0 Å². The molecule has 2 atom stereocenters. The number of aromatic nitrogens is 4. The SMILES string of the molecule is CC(C)OC(=O)OCOP(=O)(CO[C@H](C)Cn1cnc2c(N(C(=O)OC(C)(C)C)C(=O)OC(C)(C)C)ncnc21)OCO. The minimum Gasteiger partial charge on any atom is -0.443 e. The number of imide groups is 1. The number of amides is 2. The molecule has 0 spiro atoms. The van der Waals surface area contributed by atoms with Crippen molar-refractivity contribution >= 4 is 42.9 Å². The largest absolute Gasteiger partial charge is 0.510 e. The molecule has 0 aliphatic carbocycles. The van der Waals surface area contributed by atoms with Crippen molar-refractivity contribution in [3.05, 3.63) is 12.7 Å². The van der Waals surface area contributed by atoms with E-state index in [4.69, 9.17) is 33.1 Å². The third-order valence-electron chi connectivity index (χ3n) is 4.73. The Hall–Kier alpha value is -3.37. The molecule has 0 fully saturated rings. The number of rotatable bonds is 12. The van der Waals surface area contributed by atoms with Crippen LogP contribution in [0.15, 0.2) is 12.7 Å². The van der Waals surface area contributed by atoms with Crippen molar-refractivity contribution in [3.63, 3.8) is 0 Å². The van der Waals surface area contributed by atoms with Gasteiger partial charge in [0.1, 0.15) is 23.9 Å². The monoisotopic (exact) mass is 633 g/mol. The first kappa shape index (κ1) is 35.8. The summed E-state index contributed by atoms with van der Waals surface area (Å²) in [5.41, 5.74) is -1.53. The molecule has 0 aliphatic heterocycles. The first-order valence-corrected chi connectivity index (χ1v) is 14.9. The Balaban J connectivity index is 2.22. The van der Waals surface area contributed by atoms with Crippen LogP contribution in [-0.4, -0.2) is 86.3 Å². The Morgan fingerprint density at radius 3 is 2.12 bits per heavy atom. The van der Waals surface area contributed by atoms with E-state index < -0.39 is 69.3 Å². The number of aliphatic hydroxyl groups is 1. The minimum atomic E-state index is -4.04. The normalized spacial score (nSPS) is 14.2. The second-order valence-electron chi connectivity index (χ2n) is 11.3. The molecular formula is C25H40N5O12P. The van der Waals surface area contributed by atoms with E-state index in [2.05, 4.69) is 19.7 Å². The van der Waals surface area contributed by atoms with Gasteiger partial charge in [-0.25, -0.2) is 29.3 Å². The molecule has 17 nitrogen and oxygen atoms in total. The van der Waals surface area contributed by atoms with E-state index >= 15 is 0 Å². The molecule has 1 N–H and O–H groups in total. The fraction of sp³-hybridized carbons (Fsp3) is 0.680. The van der Waals surface area contributed by atoms with Gasteiger partial charge in [0.2, 0.25) is 6.79 Å². The van der Waals surface area contributed by atoms with Gasteiger partial charge in [0, 0.05) is 0 Å². The van der Waals surface area contributed by atoms with E-state index in [0.717, 1.165) is 6.33 Å². The first-order valence-electron chi connectivity index (χ1n) is 13.2. The summed E-state index contributed by atoms with van der Waals surface area (Å²) in [5, 5.41) is 9.14. The van der Waals surface area contributed by atoms with Crippen LogP contribution >= 0.6 is 7.60 Å². The second kappa shape index (κ2) is 14.9. The van der Waals surface area contributed by atoms with Gasteiger partial charge in [-0.3, -0.25) is 13.6 Å². The van der Waals surface area contributed by atoms with E-state index in [1.807, 2.05) is 0 Å². The summed E-state index contributed by atoms with van der Waals surface area (Å²) in [6, 6.07) is 0. The summed E-state index contributed by atoms with van der Waals surface area (Å²) in [5.74, 6) is -0.161. The highest BCUT2D eigenvalue weighted by atomic mass is 31.2. The van der Waals surface area contributed by atoms with Crippen LogP contribution < -0.4 is 4.90 Å². The highest BCUT2D eigenvalue weighted by Crippen LogP contribution is 2.48. The van der Waals surface area contributed by atoms with Gasteiger partial charge in [-0.2, -0.15) is 4.90 Å². The molecule has 1 unspecified atom stereocenters. The van der Waals surface area contributed by atoms with Crippen LogP contribution in [0.25, 0.3) is 11.2 Å². The van der Waals surface area contributed by atoms with Gasteiger partial charge in [-0.05, 0) is 62.3 Å². The van der Waals surface area contributed by atoms with Crippen LogP contribution in [-0.2, 0) is 43.8 Å². The lowest BCUT2D eigenvalue weighted by molar-refractivity contribution is -0.0248. The van der Waals surface area contributed by atoms with Crippen molar-refractivity contribution in [2.75, 3.05) is 24.8 Å². The van der Waals surface area contributed by atoms with Gasteiger partial charge in [0.25, 0.3) is 0 Å². The molecule has 2 aromatic heterocycles. The molecule has 2 aromatic rings. The van der Waals surface area contributed by atoms with Crippen LogP contribution in [0.3, 0.4) is 0 Å². The third kappa shape index (κ3) is 11.7. The lowest BCUT2D eigenvalue weighted by Crippen LogP contribution is -2.44. The van der Waals surface area contributed by atoms with Crippen molar-refractivity contribution in [1.82, 2.24) is 19.5 Å². The van der Waals surface area contributed by atoms with Gasteiger partial charge in [-0.15, -0.1) is 0 Å². The van der Waals surface area contributed by atoms with Gasteiger partial charge in [0.05, 0.1) is 25.1 Å². The molecule has 0 bridgehead atoms. The zero-order chi connectivity index (χ0) is 32.6. The molecule has 43 heavy (non-hydrogen) atoms. The van der Waals surface area contributed by atoms with E-state index in [1.54, 1.807) is 66.9 Å². The second-order valence-corrected chi connectivity index (χ2v) is 13.3. The van der Waals surface area contributed by atoms with Crippen molar-refractivity contribution in [2.24, 2.45) is 0 Å². The standard InChI is InChI=1S/C25H40N5O12P/c1-16(2)40-23(34)36-14-39-43(35,38-13-31)15-37-17(3)10-29-12-28-18-19(29)26-11-27-20(18)30(21(32)41-24(4,5)6)22(33)42-25(7,8)9/h11-12,16-17,31H,10,13-15H2,1-9H3/t17-,43?/m1/s1. The molecule has 2 heterocycles. The molecule has 0 saturated carbocycles. The minimum absolute atomic E-state index is 0.0921. The summed E-state index contributed by atoms with van der Waals surface area (Å²) < 4.78 is 50.2. The smallest absolute Gasteiger partial charge is 0.443 e. The number of hydrogen-bond acceptors (Lipinski definition) is 15. The lowest BCUT2D eigenvalue weighted by Gasteiger charge is -2.28. The molecule has 0 radical (unpaired) electrons. The molecule has 2 rings (SSSR count). The number of anilines is 1. The van der Waals surface area contributed by atoms with E-state index in [0.29, 0.717) is 4.90 Å².